The van der Waals surface area contributed by atoms with E-state index < -0.39 is 5.56 Å². The fourth-order valence-electron chi connectivity index (χ4n) is 3.30. The number of aromatic amines is 2. The molecule has 3 rings (SSSR count). The van der Waals surface area contributed by atoms with E-state index in [1.54, 1.807) is 0 Å². The zero-order chi connectivity index (χ0) is 19.6. The van der Waals surface area contributed by atoms with E-state index in [0.29, 0.717) is 22.9 Å². The van der Waals surface area contributed by atoms with Crippen molar-refractivity contribution in [1.29, 1.82) is 0 Å². The van der Waals surface area contributed by atoms with Gasteiger partial charge in [-0.2, -0.15) is 0 Å². The monoisotopic (exact) mass is 405 g/mol. The second-order valence-electron chi connectivity index (χ2n) is 6.99. The second-order valence-corrected chi connectivity index (χ2v) is 8.48. The van der Waals surface area contributed by atoms with Gasteiger partial charge in [0, 0.05) is 17.5 Å². The number of hydrogen-bond donors (Lipinski definition) is 3. The molecule has 0 saturated carbocycles. The predicted octanol–water partition coefficient (Wildman–Crippen LogP) is 4.45. The largest absolute Gasteiger partial charge is 0.494 e. The van der Waals surface area contributed by atoms with Crippen molar-refractivity contribution in [1.82, 2.24) is 9.97 Å². The Balaban J connectivity index is 2.03. The first-order valence-electron chi connectivity index (χ1n) is 9.18. The maximum Gasteiger partial charge on any atom is 0.264 e. The van der Waals surface area contributed by atoms with Gasteiger partial charge in [0.15, 0.2) is 10.6 Å². The minimum absolute atomic E-state index is 0.00435. The Labute approximate surface area is 166 Å². The SMILES string of the molecule is CCCCC(=O)c1c(N=Cc2c(O)[nH]c(=S)[nH]c2=O)sc2c1CC[C@@H](C)C2. The smallest absolute Gasteiger partial charge is 0.264 e. The number of aromatic hydroxyl groups is 1. The molecule has 0 bridgehead atoms. The first-order valence-corrected chi connectivity index (χ1v) is 10.4. The molecule has 1 aliphatic carbocycles. The summed E-state index contributed by atoms with van der Waals surface area (Å²) >= 11 is 6.35. The van der Waals surface area contributed by atoms with Gasteiger partial charge in [-0.3, -0.25) is 14.6 Å². The highest BCUT2D eigenvalue weighted by molar-refractivity contribution is 7.71. The van der Waals surface area contributed by atoms with Crippen LogP contribution in [0.15, 0.2) is 9.79 Å². The van der Waals surface area contributed by atoms with Gasteiger partial charge < -0.3 is 10.1 Å². The number of carbonyl (C=O) groups excluding carboxylic acids is 1. The van der Waals surface area contributed by atoms with Gasteiger partial charge in [-0.05, 0) is 49.4 Å². The number of Topliss-reactive ketones (excluding diaryl/α,β-unsaturated/α-hetero) is 1. The Bertz CT molecular complexity index is 1000. The van der Waals surface area contributed by atoms with Gasteiger partial charge in [-0.15, -0.1) is 11.3 Å². The summed E-state index contributed by atoms with van der Waals surface area (Å²) in [5.74, 6) is 0.371. The second kappa shape index (κ2) is 8.31. The summed E-state index contributed by atoms with van der Waals surface area (Å²) in [7, 11) is 0. The van der Waals surface area contributed by atoms with Crippen LogP contribution in [-0.4, -0.2) is 27.1 Å². The van der Waals surface area contributed by atoms with Crippen molar-refractivity contribution in [3.8, 4) is 5.88 Å². The highest BCUT2D eigenvalue weighted by Crippen LogP contribution is 2.42. The van der Waals surface area contributed by atoms with E-state index in [4.69, 9.17) is 12.2 Å². The van der Waals surface area contributed by atoms with E-state index in [9.17, 15) is 14.7 Å². The van der Waals surface area contributed by atoms with Gasteiger partial charge in [-0.1, -0.05) is 20.3 Å². The number of nitrogens with zero attached hydrogens (tertiary/aromatic N) is 1. The first-order chi connectivity index (χ1) is 12.9. The van der Waals surface area contributed by atoms with E-state index in [1.165, 1.54) is 22.4 Å². The predicted molar refractivity (Wildman–Crippen MR) is 111 cm³/mol. The Hall–Kier alpha value is -2.06. The minimum Gasteiger partial charge on any atom is -0.494 e. The van der Waals surface area contributed by atoms with Crippen LogP contribution in [0.4, 0.5) is 5.00 Å². The lowest BCUT2D eigenvalue weighted by Gasteiger charge is -2.18. The molecular formula is C19H23N3O3S2. The van der Waals surface area contributed by atoms with Crippen LogP contribution < -0.4 is 5.56 Å². The molecule has 0 unspecified atom stereocenters. The molecule has 0 spiro atoms. The van der Waals surface area contributed by atoms with Crippen LogP contribution in [0.25, 0.3) is 0 Å². The molecule has 0 amide bonds. The number of nitrogens with one attached hydrogen (secondary N) is 2. The molecule has 3 N–H and O–H groups in total. The van der Waals surface area contributed by atoms with Crippen LogP contribution in [0.1, 0.15) is 65.9 Å². The molecule has 27 heavy (non-hydrogen) atoms. The molecule has 2 heterocycles. The van der Waals surface area contributed by atoms with Crippen molar-refractivity contribution >= 4 is 40.6 Å². The molecule has 0 fully saturated rings. The van der Waals surface area contributed by atoms with Gasteiger partial charge in [-0.25, -0.2) is 4.99 Å². The number of aliphatic imine (C=N–C) groups is 1. The van der Waals surface area contributed by atoms with Crippen LogP contribution >= 0.6 is 23.6 Å². The van der Waals surface area contributed by atoms with Gasteiger partial charge in [0.25, 0.3) is 5.56 Å². The number of carbonyl (C=O) groups is 1. The van der Waals surface area contributed by atoms with Crippen LogP contribution in [0.3, 0.4) is 0 Å². The zero-order valence-electron chi connectivity index (χ0n) is 15.4. The molecular weight excluding hydrogens is 382 g/mol. The van der Waals surface area contributed by atoms with Crippen molar-refractivity contribution in [2.45, 2.75) is 52.4 Å². The van der Waals surface area contributed by atoms with E-state index >= 15 is 0 Å². The Kier molecular flexibility index (Phi) is 6.06. The van der Waals surface area contributed by atoms with E-state index in [1.807, 2.05) is 0 Å². The molecule has 0 radical (unpaired) electrons. The summed E-state index contributed by atoms with van der Waals surface area (Å²) < 4.78 is 0.0469. The lowest BCUT2D eigenvalue weighted by atomic mass is 9.87. The van der Waals surface area contributed by atoms with Crippen LogP contribution in [0.5, 0.6) is 5.88 Å². The average Bonchev–Trinajstić information content (AvgIpc) is 2.96. The Morgan fingerprint density at radius 2 is 2.22 bits per heavy atom. The van der Waals surface area contributed by atoms with Gasteiger partial charge in [0.1, 0.15) is 10.6 Å². The van der Waals surface area contributed by atoms with Gasteiger partial charge in [0.2, 0.25) is 5.88 Å². The fourth-order valence-corrected chi connectivity index (χ4v) is 4.87. The number of H-pyrrole nitrogens is 2. The van der Waals surface area contributed by atoms with Crippen molar-refractivity contribution in [3.05, 3.63) is 36.7 Å². The molecule has 2 aromatic heterocycles. The third-order valence-electron chi connectivity index (χ3n) is 4.80. The Morgan fingerprint density at radius 3 is 2.93 bits per heavy atom. The average molecular weight is 406 g/mol. The summed E-state index contributed by atoms with van der Waals surface area (Å²) in [6.07, 6.45) is 6.52. The fraction of sp³-hybridized carbons (Fsp3) is 0.474. The van der Waals surface area contributed by atoms with Crippen molar-refractivity contribution in [2.24, 2.45) is 10.9 Å². The zero-order valence-corrected chi connectivity index (χ0v) is 17.1. The number of rotatable bonds is 6. The lowest BCUT2D eigenvalue weighted by molar-refractivity contribution is 0.0979. The highest BCUT2D eigenvalue weighted by Gasteiger charge is 2.27. The maximum absolute atomic E-state index is 12.8. The molecule has 8 heteroatoms. The minimum atomic E-state index is -0.520. The van der Waals surface area contributed by atoms with Crippen molar-refractivity contribution in [2.75, 3.05) is 0 Å². The standard InChI is InChI=1S/C19H23N3O3S2/c1-3-4-5-13(23)15-11-7-6-10(2)8-14(11)27-18(15)20-9-12-16(24)21-19(26)22-17(12)25/h9-10H,3-8H2,1-2H3,(H3,21,22,24,25,26)/t10-/m1/s1. The summed E-state index contributed by atoms with van der Waals surface area (Å²) in [5, 5.41) is 10.6. The number of hydrogen-bond acceptors (Lipinski definition) is 6. The number of unbranched alkanes of at least 4 members (excludes halogenated alkanes) is 1. The van der Waals surface area contributed by atoms with E-state index in [0.717, 1.165) is 37.7 Å². The molecule has 0 aliphatic heterocycles. The molecule has 2 aromatic rings. The summed E-state index contributed by atoms with van der Waals surface area (Å²) in [4.78, 5) is 35.4. The van der Waals surface area contributed by atoms with E-state index in [2.05, 4.69) is 28.8 Å². The summed E-state index contributed by atoms with van der Waals surface area (Å²) in [5.41, 5.74) is 1.30. The molecule has 6 nitrogen and oxygen atoms in total. The third kappa shape index (κ3) is 4.27. The molecule has 0 saturated heterocycles. The molecule has 144 valence electrons. The topological polar surface area (TPSA) is 98.3 Å². The van der Waals surface area contributed by atoms with Gasteiger partial charge in [0.05, 0.1) is 5.56 Å². The molecule has 1 aliphatic rings. The maximum atomic E-state index is 12.8. The number of thiophene rings is 1. The van der Waals surface area contributed by atoms with Crippen LogP contribution in [-0.2, 0) is 12.8 Å². The Morgan fingerprint density at radius 1 is 1.44 bits per heavy atom. The third-order valence-corrected chi connectivity index (χ3v) is 6.17. The van der Waals surface area contributed by atoms with Crippen LogP contribution in [0.2, 0.25) is 0 Å². The van der Waals surface area contributed by atoms with Crippen molar-refractivity contribution in [3.63, 3.8) is 0 Å². The number of fused-ring (bicyclic) bond motifs is 1. The van der Waals surface area contributed by atoms with Gasteiger partial charge >= 0.3 is 0 Å². The molecule has 0 aromatic carbocycles. The number of ketones is 1. The summed E-state index contributed by atoms with van der Waals surface area (Å²) in [6.45, 7) is 4.28. The normalized spacial score (nSPS) is 16.6. The molecule has 1 atom stereocenters. The van der Waals surface area contributed by atoms with E-state index in [-0.39, 0.29) is 22.0 Å². The lowest BCUT2D eigenvalue weighted by Crippen LogP contribution is -2.13. The quantitative estimate of drug-likeness (QED) is 0.376. The highest BCUT2D eigenvalue weighted by atomic mass is 32.1. The number of aromatic nitrogens is 2. The first kappa shape index (κ1) is 19.7. The summed E-state index contributed by atoms with van der Waals surface area (Å²) in [6, 6.07) is 0. The van der Waals surface area contributed by atoms with Crippen LogP contribution in [0, 0.1) is 10.7 Å². The van der Waals surface area contributed by atoms with Crippen molar-refractivity contribution < 1.29 is 9.90 Å².